The summed E-state index contributed by atoms with van der Waals surface area (Å²) in [5.74, 6) is 1.56. The van der Waals surface area contributed by atoms with Crippen LogP contribution >= 0.6 is 11.8 Å². The number of rotatable bonds is 6. The summed E-state index contributed by atoms with van der Waals surface area (Å²) in [6.07, 6.45) is 5.33. The van der Waals surface area contributed by atoms with Gasteiger partial charge in [-0.3, -0.25) is 0 Å². The van der Waals surface area contributed by atoms with Gasteiger partial charge in [0.1, 0.15) is 16.4 Å². The highest BCUT2D eigenvalue weighted by molar-refractivity contribution is 7.99. The number of hydrogen-bond acceptors (Lipinski definition) is 4. The normalized spacial score (nSPS) is 16.4. The number of benzene rings is 1. The van der Waals surface area contributed by atoms with Crippen LogP contribution in [0, 0.1) is 5.92 Å². The lowest BCUT2D eigenvalue weighted by atomic mass is 9.76. The Balaban J connectivity index is 1.98. The summed E-state index contributed by atoms with van der Waals surface area (Å²) in [4.78, 5) is 14.1. The fourth-order valence-electron chi connectivity index (χ4n) is 4.37. The summed E-state index contributed by atoms with van der Waals surface area (Å²) in [7, 11) is 0. The smallest absolute Gasteiger partial charge is 0.353 e. The molecule has 4 heteroatoms. The number of hydrogen-bond donors (Lipinski definition) is 1. The molecule has 0 spiro atoms. The maximum atomic E-state index is 12.8. The second kappa shape index (κ2) is 8.14. The van der Waals surface area contributed by atoms with Crippen molar-refractivity contribution >= 4 is 11.8 Å². The van der Waals surface area contributed by atoms with Gasteiger partial charge in [-0.15, -0.1) is 0 Å². The minimum Gasteiger partial charge on any atom is -0.506 e. The summed E-state index contributed by atoms with van der Waals surface area (Å²) < 4.78 is 5.81. The maximum Gasteiger partial charge on any atom is 0.353 e. The highest BCUT2D eigenvalue weighted by atomic mass is 32.2. The van der Waals surface area contributed by atoms with Gasteiger partial charge in [0.05, 0.1) is 0 Å². The molecule has 1 fully saturated rings. The van der Waals surface area contributed by atoms with Gasteiger partial charge >= 0.3 is 5.63 Å². The Morgan fingerprint density at radius 3 is 2.41 bits per heavy atom. The van der Waals surface area contributed by atoms with E-state index in [9.17, 15) is 9.90 Å². The fraction of sp³-hybridized carbons (Fsp3) is 0.522. The third-order valence-corrected chi connectivity index (χ3v) is 6.70. The van der Waals surface area contributed by atoms with Crippen LogP contribution in [-0.2, 0) is 5.41 Å². The van der Waals surface area contributed by atoms with Gasteiger partial charge < -0.3 is 9.52 Å². The second-order valence-electron chi connectivity index (χ2n) is 8.49. The Labute approximate surface area is 166 Å². The van der Waals surface area contributed by atoms with Crippen molar-refractivity contribution in [1.29, 1.82) is 0 Å². The maximum absolute atomic E-state index is 12.8. The summed E-state index contributed by atoms with van der Waals surface area (Å²) >= 11 is 1.30. The van der Waals surface area contributed by atoms with Crippen molar-refractivity contribution in [3.05, 3.63) is 52.1 Å². The molecule has 0 atom stereocenters. The predicted molar refractivity (Wildman–Crippen MR) is 111 cm³/mol. The molecule has 1 N–H and O–H groups in total. The summed E-state index contributed by atoms with van der Waals surface area (Å²) in [5.41, 5.74) is 0.630. The zero-order valence-corrected chi connectivity index (χ0v) is 17.6. The van der Waals surface area contributed by atoms with Crippen LogP contribution in [0.3, 0.4) is 0 Å². The van der Waals surface area contributed by atoms with E-state index < -0.39 is 5.63 Å². The SMILES string of the molecule is CC(C)CC1(c2cc(O)c(Sc3ccccc3C(C)C)c(=O)o2)CCCC1. The van der Waals surface area contributed by atoms with Gasteiger partial charge in [0.25, 0.3) is 0 Å². The standard InChI is InChI=1S/C23H30O3S/c1-15(2)14-23(11-7-8-12-23)20-13-18(24)21(22(25)26-20)27-19-10-6-5-9-17(19)16(3)4/h5-6,9-10,13,15-16,24H,7-8,11-12,14H2,1-4H3. The molecular formula is C23H30O3S. The van der Waals surface area contributed by atoms with Gasteiger partial charge in [-0.25, -0.2) is 4.79 Å². The number of aromatic hydroxyl groups is 1. The third kappa shape index (κ3) is 4.26. The van der Waals surface area contributed by atoms with Gasteiger partial charge in [0.2, 0.25) is 0 Å². The Hall–Kier alpha value is -1.68. The first-order valence-electron chi connectivity index (χ1n) is 9.97. The van der Waals surface area contributed by atoms with E-state index in [0.29, 0.717) is 17.6 Å². The van der Waals surface area contributed by atoms with Crippen molar-refractivity contribution in [3.8, 4) is 5.75 Å². The van der Waals surface area contributed by atoms with Crippen LogP contribution in [0.5, 0.6) is 5.75 Å². The molecule has 146 valence electrons. The van der Waals surface area contributed by atoms with Crippen LogP contribution in [0.25, 0.3) is 0 Å². The molecule has 27 heavy (non-hydrogen) atoms. The molecule has 0 aliphatic heterocycles. The lowest BCUT2D eigenvalue weighted by molar-refractivity contribution is 0.264. The van der Waals surface area contributed by atoms with Gasteiger partial charge in [0.15, 0.2) is 0 Å². The van der Waals surface area contributed by atoms with E-state index in [0.717, 1.165) is 42.6 Å². The molecule has 1 saturated carbocycles. The van der Waals surface area contributed by atoms with E-state index in [1.54, 1.807) is 6.07 Å². The van der Waals surface area contributed by atoms with Crippen molar-refractivity contribution in [3.63, 3.8) is 0 Å². The highest BCUT2D eigenvalue weighted by Crippen LogP contribution is 2.47. The van der Waals surface area contributed by atoms with E-state index in [1.165, 1.54) is 11.8 Å². The van der Waals surface area contributed by atoms with Crippen molar-refractivity contribution in [2.75, 3.05) is 0 Å². The summed E-state index contributed by atoms with van der Waals surface area (Å²) in [6, 6.07) is 9.72. The van der Waals surface area contributed by atoms with Gasteiger partial charge in [-0.2, -0.15) is 0 Å². The molecule has 1 aromatic carbocycles. The van der Waals surface area contributed by atoms with E-state index in [2.05, 4.69) is 33.8 Å². The topological polar surface area (TPSA) is 50.4 Å². The molecule has 0 amide bonds. The molecule has 3 nitrogen and oxygen atoms in total. The predicted octanol–water partition coefficient (Wildman–Crippen LogP) is 6.48. The van der Waals surface area contributed by atoms with Crippen LogP contribution in [0.15, 0.2) is 49.3 Å². The van der Waals surface area contributed by atoms with Crippen LogP contribution in [0.4, 0.5) is 0 Å². The van der Waals surface area contributed by atoms with E-state index in [4.69, 9.17) is 4.42 Å². The van der Waals surface area contributed by atoms with Crippen molar-refractivity contribution < 1.29 is 9.52 Å². The molecule has 1 heterocycles. The van der Waals surface area contributed by atoms with Gasteiger partial charge in [0, 0.05) is 16.4 Å². The van der Waals surface area contributed by atoms with Crippen LogP contribution < -0.4 is 5.63 Å². The Kier molecular flexibility index (Phi) is 6.05. The molecule has 0 saturated heterocycles. The van der Waals surface area contributed by atoms with E-state index >= 15 is 0 Å². The Morgan fingerprint density at radius 2 is 1.81 bits per heavy atom. The molecule has 0 bridgehead atoms. The highest BCUT2D eigenvalue weighted by Gasteiger charge is 2.39. The summed E-state index contributed by atoms with van der Waals surface area (Å²) in [6.45, 7) is 8.65. The molecule has 2 aromatic rings. The summed E-state index contributed by atoms with van der Waals surface area (Å²) in [5, 5.41) is 10.7. The van der Waals surface area contributed by atoms with E-state index in [1.807, 2.05) is 18.2 Å². The minimum absolute atomic E-state index is 0.0415. The van der Waals surface area contributed by atoms with Crippen LogP contribution in [0.1, 0.15) is 77.0 Å². The van der Waals surface area contributed by atoms with Crippen molar-refractivity contribution in [1.82, 2.24) is 0 Å². The average Bonchev–Trinajstić information content (AvgIpc) is 3.07. The Bertz CT molecular complexity index is 845. The van der Waals surface area contributed by atoms with Gasteiger partial charge in [-0.05, 0) is 42.7 Å². The fourth-order valence-corrected chi connectivity index (χ4v) is 5.45. The second-order valence-corrected chi connectivity index (χ2v) is 9.54. The molecule has 1 aromatic heterocycles. The monoisotopic (exact) mass is 386 g/mol. The van der Waals surface area contributed by atoms with Gasteiger partial charge in [-0.1, -0.05) is 70.5 Å². The molecule has 0 radical (unpaired) electrons. The molecule has 0 unspecified atom stereocenters. The van der Waals surface area contributed by atoms with Crippen LogP contribution in [-0.4, -0.2) is 5.11 Å². The first-order valence-corrected chi connectivity index (χ1v) is 10.8. The quantitative estimate of drug-likeness (QED) is 0.617. The largest absolute Gasteiger partial charge is 0.506 e. The van der Waals surface area contributed by atoms with E-state index in [-0.39, 0.29) is 16.1 Å². The Morgan fingerprint density at radius 1 is 1.15 bits per heavy atom. The first kappa shape index (κ1) is 20.1. The lowest BCUT2D eigenvalue weighted by Gasteiger charge is -2.29. The van der Waals surface area contributed by atoms with Crippen LogP contribution in [0.2, 0.25) is 0 Å². The van der Waals surface area contributed by atoms with Crippen molar-refractivity contribution in [2.45, 2.75) is 80.9 Å². The molecule has 3 rings (SSSR count). The molecule has 1 aliphatic carbocycles. The molecule has 1 aliphatic rings. The first-order chi connectivity index (χ1) is 12.8. The zero-order chi connectivity index (χ0) is 19.6. The molecular weight excluding hydrogens is 356 g/mol. The average molecular weight is 387 g/mol. The zero-order valence-electron chi connectivity index (χ0n) is 16.7. The van der Waals surface area contributed by atoms with Crippen molar-refractivity contribution in [2.24, 2.45) is 5.92 Å². The minimum atomic E-state index is -0.427. The third-order valence-electron chi connectivity index (χ3n) is 5.52. The lowest BCUT2D eigenvalue weighted by Crippen LogP contribution is -2.26.